The van der Waals surface area contributed by atoms with Gasteiger partial charge in [-0.15, -0.1) is 0 Å². The molecular weight excluding hydrogens is 446 g/mol. The Balaban J connectivity index is 1.88. The number of benzene rings is 2. The topological polar surface area (TPSA) is 94.8 Å². The Morgan fingerprint density at radius 2 is 1.66 bits per heavy atom. The van der Waals surface area contributed by atoms with Crippen LogP contribution < -0.4 is 15.7 Å². The van der Waals surface area contributed by atoms with Crippen molar-refractivity contribution in [3.05, 3.63) is 75.1 Å². The van der Waals surface area contributed by atoms with E-state index in [-0.39, 0.29) is 11.7 Å². The Hall–Kier alpha value is -3.61. The van der Waals surface area contributed by atoms with Crippen LogP contribution in [-0.4, -0.2) is 23.7 Å². The highest BCUT2D eigenvalue weighted by molar-refractivity contribution is 5.88. The van der Waals surface area contributed by atoms with E-state index < -0.39 is 29.3 Å². The molecule has 0 bridgehead atoms. The summed E-state index contributed by atoms with van der Waals surface area (Å²) < 4.78 is 16.6. The van der Waals surface area contributed by atoms with Crippen molar-refractivity contribution in [3.63, 3.8) is 0 Å². The zero-order valence-corrected chi connectivity index (χ0v) is 21.4. The molecule has 7 nitrogen and oxygen atoms in total. The fourth-order valence-electron chi connectivity index (χ4n) is 3.79. The molecular formula is C28H33NO6. The third-order valence-electron chi connectivity index (χ3n) is 5.68. The highest BCUT2D eigenvalue weighted by Gasteiger charge is 2.29. The van der Waals surface area contributed by atoms with Gasteiger partial charge in [0, 0.05) is 22.9 Å². The maximum Gasteiger partial charge on any atom is 0.408 e. The molecule has 0 radical (unpaired) electrons. The third-order valence-corrected chi connectivity index (χ3v) is 5.68. The number of aryl methyl sites for hydroxylation is 2. The molecule has 0 saturated carbocycles. The molecule has 1 aromatic heterocycles. The number of amides is 1. The van der Waals surface area contributed by atoms with Gasteiger partial charge < -0.3 is 19.2 Å². The maximum atomic E-state index is 12.9. The number of ether oxygens (including phenoxy) is 2. The first-order chi connectivity index (χ1) is 16.4. The van der Waals surface area contributed by atoms with Crippen LogP contribution in [0.15, 0.2) is 51.7 Å². The molecule has 0 aliphatic carbocycles. The molecule has 1 unspecified atom stereocenters. The lowest BCUT2D eigenvalue weighted by atomic mass is 9.98. The Kier molecular flexibility index (Phi) is 7.68. The van der Waals surface area contributed by atoms with Crippen LogP contribution in [0.5, 0.6) is 5.75 Å². The first-order valence-corrected chi connectivity index (χ1v) is 11.7. The van der Waals surface area contributed by atoms with Gasteiger partial charge in [0.25, 0.3) is 0 Å². The van der Waals surface area contributed by atoms with Gasteiger partial charge in [-0.05, 0) is 63.8 Å². The summed E-state index contributed by atoms with van der Waals surface area (Å²) in [5, 5.41) is 3.37. The molecule has 7 heteroatoms. The number of nitrogens with one attached hydrogen (secondary N) is 1. The number of hydrogen-bond acceptors (Lipinski definition) is 6. The van der Waals surface area contributed by atoms with Crippen LogP contribution in [0.25, 0.3) is 11.0 Å². The smallest absolute Gasteiger partial charge is 0.408 e. The predicted octanol–water partition coefficient (Wildman–Crippen LogP) is 5.46. The quantitative estimate of drug-likeness (QED) is 0.287. The van der Waals surface area contributed by atoms with E-state index in [9.17, 15) is 14.4 Å². The number of esters is 1. The van der Waals surface area contributed by atoms with E-state index >= 15 is 0 Å². The van der Waals surface area contributed by atoms with Crippen LogP contribution in [0.3, 0.4) is 0 Å². The van der Waals surface area contributed by atoms with Crippen LogP contribution in [-0.2, 0) is 16.0 Å². The van der Waals surface area contributed by atoms with Crippen molar-refractivity contribution in [2.45, 2.75) is 66.5 Å². The maximum absolute atomic E-state index is 12.9. The van der Waals surface area contributed by atoms with Crippen molar-refractivity contribution in [2.24, 2.45) is 5.92 Å². The Bertz CT molecular complexity index is 1280. The average molecular weight is 480 g/mol. The molecule has 1 amide bonds. The van der Waals surface area contributed by atoms with Crippen LogP contribution in [0.4, 0.5) is 4.79 Å². The SMILES string of the molecule is Cc1c(Cc2ccccc2)c(=O)oc2c(C)c(OC(=O)C(NC(=O)OC(C)(C)C)C(C)C)ccc12. The molecule has 0 aliphatic rings. The Morgan fingerprint density at radius 3 is 2.26 bits per heavy atom. The van der Waals surface area contributed by atoms with Crippen molar-refractivity contribution in [3.8, 4) is 5.75 Å². The lowest BCUT2D eigenvalue weighted by molar-refractivity contribution is -0.138. The second kappa shape index (κ2) is 10.3. The van der Waals surface area contributed by atoms with Gasteiger partial charge in [0.1, 0.15) is 23.0 Å². The van der Waals surface area contributed by atoms with E-state index in [2.05, 4.69) is 5.32 Å². The van der Waals surface area contributed by atoms with Crippen molar-refractivity contribution in [2.75, 3.05) is 0 Å². The molecule has 0 saturated heterocycles. The van der Waals surface area contributed by atoms with Gasteiger partial charge in [0.05, 0.1) is 0 Å². The van der Waals surface area contributed by atoms with Crippen LogP contribution in [0.1, 0.15) is 56.9 Å². The van der Waals surface area contributed by atoms with E-state index in [1.165, 1.54) is 0 Å². The molecule has 1 N–H and O–H groups in total. The van der Waals surface area contributed by atoms with E-state index in [0.717, 1.165) is 16.5 Å². The van der Waals surface area contributed by atoms with Gasteiger partial charge in [-0.25, -0.2) is 14.4 Å². The van der Waals surface area contributed by atoms with Gasteiger partial charge in [0.15, 0.2) is 0 Å². The molecule has 2 aromatic carbocycles. The normalized spacial score (nSPS) is 12.5. The Labute approximate surface area is 205 Å². The van der Waals surface area contributed by atoms with E-state index in [1.54, 1.807) is 53.7 Å². The van der Waals surface area contributed by atoms with E-state index in [0.29, 0.717) is 23.1 Å². The number of fused-ring (bicyclic) bond motifs is 1. The van der Waals surface area contributed by atoms with Crippen molar-refractivity contribution in [1.82, 2.24) is 5.32 Å². The van der Waals surface area contributed by atoms with E-state index in [4.69, 9.17) is 13.9 Å². The molecule has 3 aromatic rings. The van der Waals surface area contributed by atoms with Crippen LogP contribution in [0.2, 0.25) is 0 Å². The second-order valence-electron chi connectivity index (χ2n) is 10.0. The zero-order valence-electron chi connectivity index (χ0n) is 21.4. The monoisotopic (exact) mass is 479 g/mol. The summed E-state index contributed by atoms with van der Waals surface area (Å²) in [6.45, 7) is 12.5. The molecule has 3 rings (SSSR count). The highest BCUT2D eigenvalue weighted by Crippen LogP contribution is 2.30. The second-order valence-corrected chi connectivity index (χ2v) is 10.0. The summed E-state index contributed by atoms with van der Waals surface area (Å²) >= 11 is 0. The minimum atomic E-state index is -0.915. The molecule has 1 atom stereocenters. The highest BCUT2D eigenvalue weighted by atomic mass is 16.6. The number of rotatable bonds is 6. The van der Waals surface area contributed by atoms with Crippen molar-refractivity contribution < 1.29 is 23.5 Å². The third kappa shape index (κ3) is 6.29. The van der Waals surface area contributed by atoms with Crippen LogP contribution in [0, 0.1) is 19.8 Å². The van der Waals surface area contributed by atoms with Crippen molar-refractivity contribution >= 4 is 23.0 Å². The Morgan fingerprint density at radius 1 is 1.00 bits per heavy atom. The van der Waals surface area contributed by atoms with Crippen LogP contribution >= 0.6 is 0 Å². The lowest BCUT2D eigenvalue weighted by Gasteiger charge is -2.24. The zero-order chi connectivity index (χ0) is 25.9. The van der Waals surface area contributed by atoms with Gasteiger partial charge in [-0.2, -0.15) is 0 Å². The molecule has 1 heterocycles. The number of carbonyl (C=O) groups excluding carboxylic acids is 2. The summed E-state index contributed by atoms with van der Waals surface area (Å²) in [5.74, 6) is -0.609. The van der Waals surface area contributed by atoms with E-state index in [1.807, 2.05) is 37.3 Å². The summed E-state index contributed by atoms with van der Waals surface area (Å²) in [5.41, 5.74) is 2.22. The molecule has 186 valence electrons. The summed E-state index contributed by atoms with van der Waals surface area (Å²) in [7, 11) is 0. The fraction of sp³-hybridized carbons (Fsp3) is 0.393. The molecule has 35 heavy (non-hydrogen) atoms. The number of alkyl carbamates (subject to hydrolysis) is 1. The largest absolute Gasteiger partial charge is 0.444 e. The minimum absolute atomic E-state index is 0.239. The summed E-state index contributed by atoms with van der Waals surface area (Å²) in [6.07, 6.45) is -0.233. The minimum Gasteiger partial charge on any atom is -0.444 e. The fourth-order valence-corrected chi connectivity index (χ4v) is 3.79. The molecule has 0 fully saturated rings. The van der Waals surface area contributed by atoms with Crippen molar-refractivity contribution in [1.29, 1.82) is 0 Å². The standard InChI is InChI=1S/C28H33NO6/c1-16(2)23(29-27(32)35-28(5,6)7)26(31)33-22-14-13-20-17(3)21(15-19-11-9-8-10-12-19)25(30)34-24(20)18(22)4/h8-14,16,23H,15H2,1-7H3,(H,29,32). The molecule has 0 spiro atoms. The first kappa shape index (κ1) is 26.0. The molecule has 0 aliphatic heterocycles. The summed E-state index contributed by atoms with van der Waals surface area (Å²) in [6, 6.07) is 12.3. The summed E-state index contributed by atoms with van der Waals surface area (Å²) in [4.78, 5) is 38.0. The number of carbonyl (C=O) groups is 2. The van der Waals surface area contributed by atoms with Gasteiger partial charge in [0.2, 0.25) is 0 Å². The predicted molar refractivity (Wildman–Crippen MR) is 135 cm³/mol. The average Bonchev–Trinajstić information content (AvgIpc) is 2.76. The number of hydrogen-bond donors (Lipinski definition) is 1. The lowest BCUT2D eigenvalue weighted by Crippen LogP contribution is -2.48. The van der Waals surface area contributed by atoms with Gasteiger partial charge in [-0.3, -0.25) is 0 Å². The van der Waals surface area contributed by atoms with Gasteiger partial charge >= 0.3 is 17.7 Å². The van der Waals surface area contributed by atoms with Gasteiger partial charge in [-0.1, -0.05) is 44.2 Å². The first-order valence-electron chi connectivity index (χ1n) is 11.7.